The molecular weight excluding hydrogens is 885 g/mol. The summed E-state index contributed by atoms with van der Waals surface area (Å²) in [7, 11) is 0. The molecule has 0 saturated carbocycles. The Hall–Kier alpha value is -1.62. The molecule has 0 heterocycles. The maximum Gasteiger partial charge on any atom is 0.306 e. The van der Waals surface area contributed by atoms with Gasteiger partial charge in [-0.1, -0.05) is 328 Å². The van der Waals surface area contributed by atoms with Gasteiger partial charge in [0.1, 0.15) is 6.61 Å². The minimum Gasteiger partial charge on any atom is -0.462 e. The van der Waals surface area contributed by atoms with Crippen molar-refractivity contribution in [3.63, 3.8) is 0 Å². The normalized spacial score (nSPS) is 12.2. The standard InChI is InChI=1S/C67H128O5/c1-4-7-10-13-16-19-22-25-28-31-34-36-39-42-45-48-51-54-57-60-66(68)71-64-65(63-70-62-59-56-53-50-47-44-41-38-33-30-27-24-21-18-15-12-9-6-3)72-67(69)61-58-55-52-49-46-43-40-37-35-32-29-26-23-20-17-14-11-8-5-2/h18,21,27,30,65H,4-17,19-20,22-26,28-29,31-64H2,1-3H3/b21-18-,30-27-. The predicted molar refractivity (Wildman–Crippen MR) is 316 cm³/mol. The van der Waals surface area contributed by atoms with Crippen molar-refractivity contribution in [1.82, 2.24) is 0 Å². The van der Waals surface area contributed by atoms with E-state index in [2.05, 4.69) is 45.1 Å². The van der Waals surface area contributed by atoms with E-state index in [0.29, 0.717) is 26.1 Å². The summed E-state index contributed by atoms with van der Waals surface area (Å²) in [6.07, 6.45) is 77.9. The summed E-state index contributed by atoms with van der Waals surface area (Å²) in [4.78, 5) is 25.7. The zero-order valence-corrected chi connectivity index (χ0v) is 49.2. The first kappa shape index (κ1) is 70.4. The molecule has 0 amide bonds. The van der Waals surface area contributed by atoms with Gasteiger partial charge in [-0.05, 0) is 51.4 Å². The molecule has 1 atom stereocenters. The first-order valence-electron chi connectivity index (χ1n) is 32.9. The van der Waals surface area contributed by atoms with E-state index in [1.807, 2.05) is 0 Å². The average Bonchev–Trinajstić information content (AvgIpc) is 3.38. The molecule has 0 bridgehead atoms. The van der Waals surface area contributed by atoms with Gasteiger partial charge in [-0.15, -0.1) is 0 Å². The van der Waals surface area contributed by atoms with Crippen LogP contribution in [-0.4, -0.2) is 37.9 Å². The highest BCUT2D eigenvalue weighted by Gasteiger charge is 2.18. The SMILES string of the molecule is CCCCC/C=C\C/C=C\CCCCCCCCCCOCC(COC(=O)CCCCCCCCCCCCCCCCCCCCC)OC(=O)CCCCCCCCCCCCCCCCCCCCC. The fraction of sp³-hybridized carbons (Fsp3) is 0.910. The lowest BCUT2D eigenvalue weighted by molar-refractivity contribution is -0.163. The van der Waals surface area contributed by atoms with Crippen molar-refractivity contribution >= 4 is 11.9 Å². The van der Waals surface area contributed by atoms with Gasteiger partial charge in [-0.25, -0.2) is 0 Å². The first-order chi connectivity index (χ1) is 35.6. The Morgan fingerprint density at radius 3 is 0.944 bits per heavy atom. The third kappa shape index (κ3) is 60.9. The van der Waals surface area contributed by atoms with E-state index in [0.717, 1.165) is 44.9 Å². The quantitative estimate of drug-likeness (QED) is 0.0345. The van der Waals surface area contributed by atoms with E-state index >= 15 is 0 Å². The zero-order valence-electron chi connectivity index (χ0n) is 49.2. The van der Waals surface area contributed by atoms with Gasteiger partial charge in [0.05, 0.1) is 6.61 Å². The number of hydrogen-bond donors (Lipinski definition) is 0. The van der Waals surface area contributed by atoms with Crippen molar-refractivity contribution in [2.45, 2.75) is 374 Å². The minimum absolute atomic E-state index is 0.0921. The first-order valence-corrected chi connectivity index (χ1v) is 32.9. The maximum atomic E-state index is 12.9. The lowest BCUT2D eigenvalue weighted by Gasteiger charge is -2.18. The number of esters is 2. The molecule has 0 aliphatic rings. The molecular formula is C67H128O5. The van der Waals surface area contributed by atoms with Crippen molar-refractivity contribution in [2.75, 3.05) is 19.8 Å². The number of hydrogen-bond acceptors (Lipinski definition) is 5. The van der Waals surface area contributed by atoms with Crippen LogP contribution in [0.3, 0.4) is 0 Å². The molecule has 0 aromatic rings. The van der Waals surface area contributed by atoms with Gasteiger partial charge in [0.25, 0.3) is 0 Å². The fourth-order valence-corrected chi connectivity index (χ4v) is 10.1. The number of unbranched alkanes of at least 4 members (excludes halogenated alkanes) is 47. The molecule has 426 valence electrons. The van der Waals surface area contributed by atoms with Crippen molar-refractivity contribution < 1.29 is 23.8 Å². The van der Waals surface area contributed by atoms with E-state index in [9.17, 15) is 9.59 Å². The predicted octanol–water partition coefficient (Wildman–Crippen LogP) is 22.7. The van der Waals surface area contributed by atoms with E-state index in [1.54, 1.807) is 0 Å². The summed E-state index contributed by atoms with van der Waals surface area (Å²) < 4.78 is 17.6. The molecule has 0 aliphatic heterocycles. The van der Waals surface area contributed by atoms with Crippen molar-refractivity contribution in [3.8, 4) is 0 Å². The van der Waals surface area contributed by atoms with Crippen LogP contribution in [0, 0.1) is 0 Å². The summed E-state index contributed by atoms with van der Waals surface area (Å²) in [5.41, 5.74) is 0. The summed E-state index contributed by atoms with van der Waals surface area (Å²) in [5, 5.41) is 0. The van der Waals surface area contributed by atoms with Crippen molar-refractivity contribution in [1.29, 1.82) is 0 Å². The van der Waals surface area contributed by atoms with Gasteiger partial charge in [-0.3, -0.25) is 9.59 Å². The molecule has 0 N–H and O–H groups in total. The smallest absolute Gasteiger partial charge is 0.306 e. The lowest BCUT2D eigenvalue weighted by atomic mass is 10.0. The Morgan fingerprint density at radius 1 is 0.306 bits per heavy atom. The summed E-state index contributed by atoms with van der Waals surface area (Å²) in [6.45, 7) is 7.89. The largest absolute Gasteiger partial charge is 0.462 e. The second-order valence-corrected chi connectivity index (χ2v) is 22.4. The number of ether oxygens (including phenoxy) is 3. The molecule has 0 radical (unpaired) electrons. The highest BCUT2D eigenvalue weighted by atomic mass is 16.6. The Morgan fingerprint density at radius 2 is 0.583 bits per heavy atom. The Bertz CT molecular complexity index is 1100. The van der Waals surface area contributed by atoms with Crippen LogP contribution in [0.5, 0.6) is 0 Å². The molecule has 0 saturated heterocycles. The van der Waals surface area contributed by atoms with Gasteiger partial charge in [0.15, 0.2) is 6.10 Å². The van der Waals surface area contributed by atoms with E-state index in [1.165, 1.54) is 289 Å². The third-order valence-electron chi connectivity index (χ3n) is 15.0. The van der Waals surface area contributed by atoms with Gasteiger partial charge in [-0.2, -0.15) is 0 Å². The maximum absolute atomic E-state index is 12.9. The van der Waals surface area contributed by atoms with Crippen LogP contribution in [0.2, 0.25) is 0 Å². The summed E-state index contributed by atoms with van der Waals surface area (Å²) in [6, 6.07) is 0. The monoisotopic (exact) mass is 1010 g/mol. The van der Waals surface area contributed by atoms with E-state index in [4.69, 9.17) is 14.2 Å². The highest BCUT2D eigenvalue weighted by Crippen LogP contribution is 2.18. The second kappa shape index (κ2) is 63.7. The second-order valence-electron chi connectivity index (χ2n) is 22.4. The fourth-order valence-electron chi connectivity index (χ4n) is 10.1. The van der Waals surface area contributed by atoms with Crippen LogP contribution in [0.1, 0.15) is 367 Å². The average molecular weight is 1010 g/mol. The Kier molecular flexibility index (Phi) is 62.2. The number of allylic oxidation sites excluding steroid dienone is 4. The van der Waals surface area contributed by atoms with Crippen LogP contribution >= 0.6 is 0 Å². The molecule has 0 fully saturated rings. The number of carbonyl (C=O) groups excluding carboxylic acids is 2. The Labute approximate surface area is 451 Å². The minimum atomic E-state index is -0.534. The molecule has 1 unspecified atom stereocenters. The van der Waals surface area contributed by atoms with Crippen LogP contribution in [-0.2, 0) is 23.8 Å². The molecule has 0 aliphatic carbocycles. The van der Waals surface area contributed by atoms with Gasteiger partial charge in [0, 0.05) is 19.4 Å². The van der Waals surface area contributed by atoms with Crippen LogP contribution < -0.4 is 0 Å². The Balaban J connectivity index is 4.21. The number of rotatable bonds is 62. The van der Waals surface area contributed by atoms with Crippen LogP contribution in [0.15, 0.2) is 24.3 Å². The molecule has 5 heteroatoms. The van der Waals surface area contributed by atoms with Gasteiger partial charge >= 0.3 is 11.9 Å². The third-order valence-corrected chi connectivity index (χ3v) is 15.0. The molecule has 5 nitrogen and oxygen atoms in total. The van der Waals surface area contributed by atoms with E-state index < -0.39 is 6.10 Å². The molecule has 0 spiro atoms. The van der Waals surface area contributed by atoms with Gasteiger partial charge in [0.2, 0.25) is 0 Å². The van der Waals surface area contributed by atoms with Crippen molar-refractivity contribution in [3.05, 3.63) is 24.3 Å². The molecule has 0 aromatic carbocycles. The van der Waals surface area contributed by atoms with Gasteiger partial charge < -0.3 is 14.2 Å². The topological polar surface area (TPSA) is 61.8 Å². The van der Waals surface area contributed by atoms with Crippen LogP contribution in [0.25, 0.3) is 0 Å². The summed E-state index contributed by atoms with van der Waals surface area (Å²) >= 11 is 0. The molecule has 72 heavy (non-hydrogen) atoms. The highest BCUT2D eigenvalue weighted by molar-refractivity contribution is 5.70. The molecule has 0 rings (SSSR count). The van der Waals surface area contributed by atoms with E-state index in [-0.39, 0.29) is 18.5 Å². The summed E-state index contributed by atoms with van der Waals surface area (Å²) in [5.74, 6) is -0.369. The number of carbonyl (C=O) groups is 2. The zero-order chi connectivity index (χ0) is 52.0. The van der Waals surface area contributed by atoms with Crippen molar-refractivity contribution in [2.24, 2.45) is 0 Å². The molecule has 0 aromatic heterocycles. The lowest BCUT2D eigenvalue weighted by Crippen LogP contribution is -2.30. The van der Waals surface area contributed by atoms with Crippen LogP contribution in [0.4, 0.5) is 0 Å².